The standard InChI is InChI=1S/C16H15F6N2O3/c17-15(18,19)12-7-11(8-13(9-12)16(20,21)22)10-27-14(26)24-3-1-23(2-4-24)5-6-25/h7-9H,1-5,10H2. The molecule has 1 fully saturated rings. The van der Waals surface area contributed by atoms with Crippen LogP contribution in [0.5, 0.6) is 0 Å². The normalized spacial score (nSPS) is 16.3. The highest BCUT2D eigenvalue weighted by Crippen LogP contribution is 2.36. The van der Waals surface area contributed by atoms with Gasteiger partial charge in [-0.2, -0.15) is 26.3 Å². The third-order valence-corrected chi connectivity index (χ3v) is 3.93. The number of nitrogens with zero attached hydrogens (tertiary/aromatic N) is 2. The lowest BCUT2D eigenvalue weighted by Gasteiger charge is -2.32. The monoisotopic (exact) mass is 397 g/mol. The zero-order valence-corrected chi connectivity index (χ0v) is 13.9. The third-order valence-electron chi connectivity index (χ3n) is 3.93. The maximum absolute atomic E-state index is 12.8. The minimum Gasteiger partial charge on any atom is -0.445 e. The molecule has 27 heavy (non-hydrogen) atoms. The lowest BCUT2D eigenvalue weighted by molar-refractivity contribution is -0.143. The lowest BCUT2D eigenvalue weighted by atomic mass is 10.1. The highest BCUT2D eigenvalue weighted by Gasteiger charge is 2.37. The van der Waals surface area contributed by atoms with Crippen LogP contribution in [0.3, 0.4) is 0 Å². The van der Waals surface area contributed by atoms with Gasteiger partial charge in [0.25, 0.3) is 0 Å². The van der Waals surface area contributed by atoms with Crippen LogP contribution in [0.1, 0.15) is 16.7 Å². The Bertz CT molecular complexity index is 649. The highest BCUT2D eigenvalue weighted by atomic mass is 19.4. The molecule has 2 rings (SSSR count). The molecular formula is C16H15F6N2O3. The van der Waals surface area contributed by atoms with Crippen molar-refractivity contribution < 1.29 is 40.7 Å². The summed E-state index contributed by atoms with van der Waals surface area (Å²) in [5.41, 5.74) is -3.36. The van der Waals surface area contributed by atoms with Gasteiger partial charge in [0.15, 0.2) is 0 Å². The number of alkyl halides is 6. The molecule has 0 spiro atoms. The van der Waals surface area contributed by atoms with Gasteiger partial charge in [0.2, 0.25) is 6.29 Å². The Morgan fingerprint density at radius 1 is 0.963 bits per heavy atom. The Labute approximate surface area is 150 Å². The lowest BCUT2D eigenvalue weighted by Crippen LogP contribution is -2.49. The smallest absolute Gasteiger partial charge is 0.416 e. The van der Waals surface area contributed by atoms with Crippen molar-refractivity contribution in [1.82, 2.24) is 9.80 Å². The Hall–Kier alpha value is -2.30. The zero-order chi connectivity index (χ0) is 20.2. The number of ether oxygens (including phenoxy) is 1. The fraction of sp³-hybridized carbons (Fsp3) is 0.500. The van der Waals surface area contributed by atoms with Gasteiger partial charge in [-0.1, -0.05) is 0 Å². The Morgan fingerprint density at radius 3 is 1.93 bits per heavy atom. The minimum atomic E-state index is -4.97. The van der Waals surface area contributed by atoms with Crippen molar-refractivity contribution in [3.05, 3.63) is 34.9 Å². The summed E-state index contributed by atoms with van der Waals surface area (Å²) in [5.74, 6) is 0. The first-order valence-electron chi connectivity index (χ1n) is 7.78. The summed E-state index contributed by atoms with van der Waals surface area (Å²) in [4.78, 5) is 25.3. The molecule has 149 valence electrons. The van der Waals surface area contributed by atoms with Gasteiger partial charge in [-0.05, 0) is 23.8 Å². The quantitative estimate of drug-likeness (QED) is 0.733. The average Bonchev–Trinajstić information content (AvgIpc) is 2.59. The van der Waals surface area contributed by atoms with E-state index in [0.29, 0.717) is 25.2 Å². The Balaban J connectivity index is 2.04. The molecule has 11 heteroatoms. The van der Waals surface area contributed by atoms with Crippen LogP contribution in [0.25, 0.3) is 0 Å². The van der Waals surface area contributed by atoms with Crippen molar-refractivity contribution in [2.45, 2.75) is 19.0 Å². The van der Waals surface area contributed by atoms with Crippen LogP contribution < -0.4 is 0 Å². The van der Waals surface area contributed by atoms with Crippen molar-refractivity contribution in [3.63, 3.8) is 0 Å². The van der Waals surface area contributed by atoms with E-state index in [4.69, 9.17) is 4.74 Å². The number of amides is 1. The molecule has 5 nitrogen and oxygen atoms in total. The van der Waals surface area contributed by atoms with Crippen molar-refractivity contribution >= 4 is 12.4 Å². The van der Waals surface area contributed by atoms with Gasteiger partial charge < -0.3 is 9.64 Å². The second-order valence-corrected chi connectivity index (χ2v) is 5.88. The van der Waals surface area contributed by atoms with E-state index in [1.54, 1.807) is 11.2 Å². The van der Waals surface area contributed by atoms with E-state index in [1.165, 1.54) is 4.90 Å². The fourth-order valence-electron chi connectivity index (χ4n) is 2.52. The molecule has 1 saturated heterocycles. The predicted octanol–water partition coefficient (Wildman–Crippen LogP) is 3.09. The van der Waals surface area contributed by atoms with E-state index >= 15 is 0 Å². The van der Waals surface area contributed by atoms with Crippen molar-refractivity contribution in [1.29, 1.82) is 0 Å². The van der Waals surface area contributed by atoms with E-state index in [9.17, 15) is 35.9 Å². The van der Waals surface area contributed by atoms with Gasteiger partial charge in [0.05, 0.1) is 17.7 Å². The number of benzene rings is 1. The van der Waals surface area contributed by atoms with E-state index in [1.807, 2.05) is 0 Å². The van der Waals surface area contributed by atoms with E-state index < -0.39 is 41.7 Å². The summed E-state index contributed by atoms with van der Waals surface area (Å²) in [6, 6.07) is 1.04. The molecular weight excluding hydrogens is 382 g/mol. The largest absolute Gasteiger partial charge is 0.445 e. The van der Waals surface area contributed by atoms with E-state index in [2.05, 4.69) is 0 Å². The van der Waals surface area contributed by atoms with Gasteiger partial charge in [-0.3, -0.25) is 9.69 Å². The van der Waals surface area contributed by atoms with Gasteiger partial charge in [0.1, 0.15) is 6.61 Å². The summed E-state index contributed by atoms with van der Waals surface area (Å²) >= 11 is 0. The molecule has 1 heterocycles. The Kier molecular flexibility index (Phi) is 6.34. The second kappa shape index (κ2) is 8.15. The van der Waals surface area contributed by atoms with Crippen molar-refractivity contribution in [3.8, 4) is 0 Å². The van der Waals surface area contributed by atoms with Crippen LogP contribution in [0, 0.1) is 0 Å². The first kappa shape index (κ1) is 21.0. The number of carbonyl (C=O) groups excluding carboxylic acids is 2. The van der Waals surface area contributed by atoms with Crippen molar-refractivity contribution in [2.75, 3.05) is 32.7 Å². The second-order valence-electron chi connectivity index (χ2n) is 5.88. The summed E-state index contributed by atoms with van der Waals surface area (Å²) in [6.45, 7) is 0.563. The van der Waals surface area contributed by atoms with Gasteiger partial charge in [-0.15, -0.1) is 0 Å². The molecule has 1 aromatic rings. The molecule has 0 atom stereocenters. The summed E-state index contributed by atoms with van der Waals surface area (Å²) in [7, 11) is 0. The first-order chi connectivity index (χ1) is 12.5. The molecule has 0 N–H and O–H groups in total. The predicted molar refractivity (Wildman–Crippen MR) is 80.3 cm³/mol. The molecule has 1 aliphatic heterocycles. The van der Waals surface area contributed by atoms with Gasteiger partial charge in [-0.25, -0.2) is 4.79 Å². The van der Waals surface area contributed by atoms with E-state index in [-0.39, 0.29) is 25.7 Å². The molecule has 0 aliphatic carbocycles. The number of halogens is 6. The van der Waals surface area contributed by atoms with Gasteiger partial charge >= 0.3 is 18.4 Å². The van der Waals surface area contributed by atoms with Crippen LogP contribution in [-0.4, -0.2) is 54.9 Å². The van der Waals surface area contributed by atoms with E-state index in [0.717, 1.165) is 0 Å². The van der Waals surface area contributed by atoms with Crippen LogP contribution in [0.4, 0.5) is 31.1 Å². The molecule has 1 radical (unpaired) electrons. The maximum Gasteiger partial charge on any atom is 0.416 e. The summed E-state index contributed by atoms with van der Waals surface area (Å²) < 4.78 is 81.7. The zero-order valence-electron chi connectivity index (χ0n) is 13.9. The highest BCUT2D eigenvalue weighted by molar-refractivity contribution is 5.67. The van der Waals surface area contributed by atoms with Crippen LogP contribution in [-0.2, 0) is 28.5 Å². The SMILES string of the molecule is O=[C]CN1CCN(C(=O)OCc2cc(C(F)(F)F)cc(C(F)(F)F)c2)CC1. The average molecular weight is 397 g/mol. The maximum atomic E-state index is 12.8. The number of hydrogen-bond donors (Lipinski definition) is 0. The molecule has 1 amide bonds. The Morgan fingerprint density at radius 2 is 1.48 bits per heavy atom. The van der Waals surface area contributed by atoms with Crippen LogP contribution in [0.15, 0.2) is 18.2 Å². The van der Waals surface area contributed by atoms with Crippen LogP contribution in [0.2, 0.25) is 0 Å². The van der Waals surface area contributed by atoms with Crippen LogP contribution >= 0.6 is 0 Å². The van der Waals surface area contributed by atoms with Gasteiger partial charge in [0, 0.05) is 26.2 Å². The third kappa shape index (κ3) is 5.84. The molecule has 0 bridgehead atoms. The number of carbonyl (C=O) groups is 1. The minimum absolute atomic E-state index is 0.00853. The molecule has 0 aromatic heterocycles. The molecule has 0 saturated carbocycles. The number of rotatable bonds is 4. The molecule has 1 aliphatic rings. The summed E-state index contributed by atoms with van der Waals surface area (Å²) in [5, 5.41) is 0. The number of hydrogen-bond acceptors (Lipinski definition) is 4. The fourth-order valence-corrected chi connectivity index (χ4v) is 2.52. The molecule has 1 aromatic carbocycles. The first-order valence-corrected chi connectivity index (χ1v) is 7.78. The van der Waals surface area contributed by atoms with Crippen molar-refractivity contribution in [2.24, 2.45) is 0 Å². The topological polar surface area (TPSA) is 49.9 Å². The number of piperazine rings is 1. The molecule has 0 unspecified atom stereocenters. The summed E-state index contributed by atoms with van der Waals surface area (Å²) in [6.07, 6.45) is -9.06.